The van der Waals surface area contributed by atoms with Gasteiger partial charge in [-0.3, -0.25) is 19.2 Å². The smallest absolute Gasteiger partial charge is 0.267 e. The van der Waals surface area contributed by atoms with Gasteiger partial charge in [-0.1, -0.05) is 56.1 Å². The van der Waals surface area contributed by atoms with Crippen LogP contribution in [0.1, 0.15) is 31.8 Å². The molecule has 0 atom stereocenters. The lowest BCUT2D eigenvalue weighted by atomic mass is 10.1. The van der Waals surface area contributed by atoms with E-state index in [4.69, 9.17) is 18.9 Å². The van der Waals surface area contributed by atoms with Crippen LogP contribution in [0, 0.1) is 0 Å². The Morgan fingerprint density at radius 2 is 0.980 bits per heavy atom. The first-order chi connectivity index (χ1) is 24.2. The second-order valence-electron chi connectivity index (χ2n) is 10.8. The molecule has 254 valence electrons. The molecule has 0 saturated carbocycles. The molecule has 0 fully saturated rings. The van der Waals surface area contributed by atoms with Gasteiger partial charge in [0.1, 0.15) is 11.4 Å². The van der Waals surface area contributed by atoms with Crippen molar-refractivity contribution in [2.45, 2.75) is 0 Å². The minimum Gasteiger partial charge on any atom is -0.454 e. The van der Waals surface area contributed by atoms with Crippen LogP contribution >= 0.6 is 31.9 Å². The van der Waals surface area contributed by atoms with E-state index in [0.717, 1.165) is 0 Å². The standard InChI is InChI=1S/C36H28Br2N4O8/c37-25-5-1-3-23(17-25)33(43)41-27(13-21-7-9-29-31(15-21)49-19-47-29)35(45)39-11-12-40-36(46)28(42-34(44)24-4-2-6-26(38)18-24)14-22-8-10-30-32(16-22)50-20-48-30/h1-10,13-18H,11-12,19-20H2,(H,39,45)(H,40,46)(H,41,43)(H,42,44)/b27-13-,28-14-. The fourth-order valence-corrected chi connectivity index (χ4v) is 5.65. The highest BCUT2D eigenvalue weighted by Gasteiger charge is 2.19. The molecule has 0 saturated heterocycles. The SMILES string of the molecule is O=C(NCCNC(=O)/C(=C/c1ccc2c(c1)OCO2)NC(=O)c1cccc(Br)c1)/C(=C/c1ccc2c(c1)OCO2)NC(=O)c1cccc(Br)c1. The number of ether oxygens (including phenoxy) is 4. The highest BCUT2D eigenvalue weighted by Crippen LogP contribution is 2.34. The summed E-state index contributed by atoms with van der Waals surface area (Å²) >= 11 is 6.71. The van der Waals surface area contributed by atoms with Gasteiger partial charge in [0, 0.05) is 33.2 Å². The summed E-state index contributed by atoms with van der Waals surface area (Å²) in [5.74, 6) is -0.0305. The zero-order valence-electron chi connectivity index (χ0n) is 26.1. The predicted molar refractivity (Wildman–Crippen MR) is 190 cm³/mol. The second kappa shape index (κ2) is 15.7. The van der Waals surface area contributed by atoms with Gasteiger partial charge < -0.3 is 40.2 Å². The molecule has 6 rings (SSSR count). The van der Waals surface area contributed by atoms with Crippen molar-refractivity contribution in [3.05, 3.63) is 128 Å². The molecule has 4 aromatic rings. The van der Waals surface area contributed by atoms with E-state index < -0.39 is 23.6 Å². The first-order valence-electron chi connectivity index (χ1n) is 15.1. The lowest BCUT2D eigenvalue weighted by Crippen LogP contribution is -2.41. The van der Waals surface area contributed by atoms with Crippen LogP contribution < -0.4 is 40.2 Å². The van der Waals surface area contributed by atoms with Gasteiger partial charge in [0.05, 0.1) is 0 Å². The number of benzene rings is 4. The number of nitrogens with one attached hydrogen (secondary N) is 4. The zero-order valence-corrected chi connectivity index (χ0v) is 29.3. The van der Waals surface area contributed by atoms with Crippen molar-refractivity contribution < 1.29 is 38.1 Å². The van der Waals surface area contributed by atoms with Crippen LogP contribution in [0.15, 0.2) is 105 Å². The Morgan fingerprint density at radius 3 is 1.40 bits per heavy atom. The summed E-state index contributed by atoms with van der Waals surface area (Å²) in [6.45, 7) is 0.157. The van der Waals surface area contributed by atoms with Gasteiger partial charge in [-0.15, -0.1) is 0 Å². The minimum absolute atomic E-state index is 0.00725. The summed E-state index contributed by atoms with van der Waals surface area (Å²) < 4.78 is 23.0. The van der Waals surface area contributed by atoms with Crippen LogP contribution in [0.4, 0.5) is 0 Å². The number of fused-ring (bicyclic) bond motifs is 2. The van der Waals surface area contributed by atoms with E-state index in [0.29, 0.717) is 54.2 Å². The number of halogens is 2. The lowest BCUT2D eigenvalue weighted by molar-refractivity contribution is -0.119. The number of rotatable bonds is 11. The molecule has 12 nitrogen and oxygen atoms in total. The fourth-order valence-electron chi connectivity index (χ4n) is 4.85. The van der Waals surface area contributed by atoms with Crippen molar-refractivity contribution in [1.29, 1.82) is 0 Å². The first-order valence-corrected chi connectivity index (χ1v) is 16.7. The van der Waals surface area contributed by atoms with Gasteiger partial charge >= 0.3 is 0 Å². The minimum atomic E-state index is -0.598. The van der Waals surface area contributed by atoms with Gasteiger partial charge in [-0.05, 0) is 83.9 Å². The summed E-state index contributed by atoms with van der Waals surface area (Å²) in [6.07, 6.45) is 3.02. The number of hydrogen-bond donors (Lipinski definition) is 4. The molecule has 2 heterocycles. The molecule has 4 N–H and O–H groups in total. The van der Waals surface area contributed by atoms with Gasteiger partial charge in [-0.25, -0.2) is 0 Å². The van der Waals surface area contributed by atoms with E-state index in [1.165, 1.54) is 12.2 Å². The monoisotopic (exact) mass is 802 g/mol. The molecule has 4 aromatic carbocycles. The summed E-state index contributed by atoms with van der Waals surface area (Å²) in [5, 5.41) is 10.8. The van der Waals surface area contributed by atoms with Crippen LogP contribution in [0.5, 0.6) is 23.0 Å². The molecule has 14 heteroatoms. The number of carbonyl (C=O) groups is 4. The Morgan fingerprint density at radius 1 is 0.560 bits per heavy atom. The van der Waals surface area contributed by atoms with E-state index >= 15 is 0 Å². The molecule has 0 radical (unpaired) electrons. The maximum Gasteiger partial charge on any atom is 0.267 e. The number of carbonyl (C=O) groups excluding carboxylic acids is 4. The Bertz CT molecular complexity index is 1900. The molecule has 0 unspecified atom stereocenters. The van der Waals surface area contributed by atoms with Crippen molar-refractivity contribution in [3.63, 3.8) is 0 Å². The quantitative estimate of drug-likeness (QED) is 0.120. The molecule has 0 bridgehead atoms. The summed E-state index contributed by atoms with van der Waals surface area (Å²) in [7, 11) is 0. The largest absolute Gasteiger partial charge is 0.454 e. The van der Waals surface area contributed by atoms with Gasteiger partial charge in [0.25, 0.3) is 23.6 Å². The average Bonchev–Trinajstić information content (AvgIpc) is 3.78. The van der Waals surface area contributed by atoms with E-state index in [1.807, 2.05) is 0 Å². The number of hydrogen-bond acceptors (Lipinski definition) is 8. The van der Waals surface area contributed by atoms with Crippen LogP contribution in [-0.2, 0) is 9.59 Å². The number of amides is 4. The van der Waals surface area contributed by atoms with Gasteiger partial charge in [-0.2, -0.15) is 0 Å². The average molecular weight is 804 g/mol. The van der Waals surface area contributed by atoms with Crippen molar-refractivity contribution >= 4 is 67.6 Å². The van der Waals surface area contributed by atoms with Crippen LogP contribution in [-0.4, -0.2) is 50.3 Å². The third-order valence-corrected chi connectivity index (χ3v) is 8.26. The second-order valence-corrected chi connectivity index (χ2v) is 12.6. The van der Waals surface area contributed by atoms with Crippen molar-refractivity contribution in [1.82, 2.24) is 21.3 Å². The maximum atomic E-state index is 13.4. The molecule has 2 aliphatic rings. The maximum absolute atomic E-state index is 13.4. The third-order valence-electron chi connectivity index (χ3n) is 7.27. The molecule has 2 aliphatic heterocycles. The Hall–Kier alpha value is -5.60. The highest BCUT2D eigenvalue weighted by molar-refractivity contribution is 9.10. The first kappa shape index (κ1) is 34.3. The lowest BCUT2D eigenvalue weighted by Gasteiger charge is -2.14. The Balaban J connectivity index is 1.14. The third kappa shape index (κ3) is 8.70. The van der Waals surface area contributed by atoms with Gasteiger partial charge in [0.15, 0.2) is 23.0 Å². The van der Waals surface area contributed by atoms with Crippen LogP contribution in [0.3, 0.4) is 0 Å². The summed E-state index contributed by atoms with van der Waals surface area (Å²) in [5.41, 5.74) is 1.77. The van der Waals surface area contributed by atoms with Crippen molar-refractivity contribution in [2.75, 3.05) is 26.7 Å². The van der Waals surface area contributed by atoms with E-state index in [-0.39, 0.29) is 38.1 Å². The molecular formula is C36H28Br2N4O8. The van der Waals surface area contributed by atoms with E-state index in [1.54, 1.807) is 84.9 Å². The summed E-state index contributed by atoms with van der Waals surface area (Å²) in [6, 6.07) is 23.7. The van der Waals surface area contributed by atoms with Crippen molar-refractivity contribution in [3.8, 4) is 23.0 Å². The molecule has 50 heavy (non-hydrogen) atoms. The highest BCUT2D eigenvalue weighted by atomic mass is 79.9. The van der Waals surface area contributed by atoms with E-state index in [9.17, 15) is 19.2 Å². The molecular weight excluding hydrogens is 776 g/mol. The molecule has 0 aromatic heterocycles. The fraction of sp³-hybridized carbons (Fsp3) is 0.111. The predicted octanol–water partition coefficient (Wildman–Crippen LogP) is 5.14. The van der Waals surface area contributed by atoms with Gasteiger partial charge in [0.2, 0.25) is 13.6 Å². The normalized spacial score (nSPS) is 13.0. The molecule has 4 amide bonds. The summed E-state index contributed by atoms with van der Waals surface area (Å²) in [4.78, 5) is 53.0. The Kier molecular flexibility index (Phi) is 10.8. The molecule has 0 aliphatic carbocycles. The van der Waals surface area contributed by atoms with E-state index in [2.05, 4.69) is 53.1 Å². The van der Waals surface area contributed by atoms with Crippen LogP contribution in [0.25, 0.3) is 12.2 Å². The van der Waals surface area contributed by atoms with Crippen LogP contribution in [0.2, 0.25) is 0 Å². The molecule has 0 spiro atoms. The van der Waals surface area contributed by atoms with Crippen molar-refractivity contribution in [2.24, 2.45) is 0 Å². The Labute approximate surface area is 303 Å². The zero-order chi connectivity index (χ0) is 35.0. The topological polar surface area (TPSA) is 153 Å².